The van der Waals surface area contributed by atoms with E-state index in [4.69, 9.17) is 0 Å². The van der Waals surface area contributed by atoms with Crippen LogP contribution in [-0.2, 0) is 4.79 Å². The van der Waals surface area contributed by atoms with Crippen molar-refractivity contribution in [2.75, 3.05) is 0 Å². The van der Waals surface area contributed by atoms with E-state index in [0.29, 0.717) is 12.3 Å². The summed E-state index contributed by atoms with van der Waals surface area (Å²) in [5.41, 5.74) is 1.29. The maximum atomic E-state index is 12.3. The quantitative estimate of drug-likeness (QED) is 0.776. The van der Waals surface area contributed by atoms with E-state index in [1.54, 1.807) is 0 Å². The third kappa shape index (κ3) is 2.97. The van der Waals surface area contributed by atoms with Gasteiger partial charge >= 0.3 is 0 Å². The summed E-state index contributed by atoms with van der Waals surface area (Å²) in [7, 11) is -1.75. The largest absolute Gasteiger partial charge is 0.295 e. The van der Waals surface area contributed by atoms with Gasteiger partial charge < -0.3 is 0 Å². The van der Waals surface area contributed by atoms with E-state index in [0.717, 1.165) is 6.42 Å². The van der Waals surface area contributed by atoms with Gasteiger partial charge in [0, 0.05) is 6.42 Å². The lowest BCUT2D eigenvalue weighted by Crippen LogP contribution is -2.45. The van der Waals surface area contributed by atoms with E-state index in [2.05, 4.69) is 67.7 Å². The third-order valence-corrected chi connectivity index (χ3v) is 8.55. The lowest BCUT2D eigenvalue weighted by molar-refractivity contribution is -0.115. The molecule has 0 aliphatic heterocycles. The van der Waals surface area contributed by atoms with Crippen molar-refractivity contribution in [2.45, 2.75) is 31.9 Å². The SMILES string of the molecule is C[Si](C)(C1=CC(=O)CC(c2ccccc2)C1)c1ccccc1. The molecule has 0 heterocycles. The van der Waals surface area contributed by atoms with Crippen LogP contribution in [0.25, 0.3) is 0 Å². The number of hydrogen-bond acceptors (Lipinski definition) is 1. The van der Waals surface area contributed by atoms with Gasteiger partial charge in [0.05, 0.1) is 0 Å². The first-order valence-electron chi connectivity index (χ1n) is 7.92. The van der Waals surface area contributed by atoms with Crippen molar-refractivity contribution >= 4 is 19.0 Å². The fourth-order valence-electron chi connectivity index (χ4n) is 3.33. The number of allylic oxidation sites excluding steroid dienone is 2. The summed E-state index contributed by atoms with van der Waals surface area (Å²) in [5.74, 6) is 0.621. The first-order valence-corrected chi connectivity index (χ1v) is 10.9. The van der Waals surface area contributed by atoms with Crippen molar-refractivity contribution in [3.8, 4) is 0 Å². The van der Waals surface area contributed by atoms with E-state index in [9.17, 15) is 4.79 Å². The molecule has 22 heavy (non-hydrogen) atoms. The fraction of sp³-hybridized carbons (Fsp3) is 0.250. The number of ketones is 1. The topological polar surface area (TPSA) is 17.1 Å². The molecular weight excluding hydrogens is 284 g/mol. The number of rotatable bonds is 3. The molecule has 1 aliphatic carbocycles. The number of benzene rings is 2. The van der Waals surface area contributed by atoms with Crippen molar-refractivity contribution in [1.29, 1.82) is 0 Å². The van der Waals surface area contributed by atoms with Gasteiger partial charge in [-0.3, -0.25) is 4.79 Å². The minimum Gasteiger partial charge on any atom is -0.295 e. The van der Waals surface area contributed by atoms with Crippen LogP contribution in [0.5, 0.6) is 0 Å². The van der Waals surface area contributed by atoms with Crippen LogP contribution in [0.15, 0.2) is 71.9 Å². The molecule has 0 N–H and O–H groups in total. The monoisotopic (exact) mass is 306 g/mol. The number of carbonyl (C=O) groups is 1. The minimum atomic E-state index is -1.75. The average molecular weight is 306 g/mol. The second kappa shape index (κ2) is 6.05. The second-order valence-electron chi connectivity index (χ2n) is 6.64. The van der Waals surface area contributed by atoms with Gasteiger partial charge in [-0.2, -0.15) is 0 Å². The van der Waals surface area contributed by atoms with Crippen LogP contribution < -0.4 is 5.19 Å². The Morgan fingerprint density at radius 3 is 2.09 bits per heavy atom. The Hall–Kier alpha value is -1.93. The summed E-state index contributed by atoms with van der Waals surface area (Å²) in [4.78, 5) is 12.3. The van der Waals surface area contributed by atoms with Crippen LogP contribution in [0, 0.1) is 0 Å². The molecule has 2 heteroatoms. The zero-order valence-electron chi connectivity index (χ0n) is 13.3. The molecular formula is C20H22OSi. The van der Waals surface area contributed by atoms with Gasteiger partial charge in [0.1, 0.15) is 8.07 Å². The Morgan fingerprint density at radius 1 is 0.864 bits per heavy atom. The van der Waals surface area contributed by atoms with Gasteiger partial charge in [-0.15, -0.1) is 0 Å². The second-order valence-corrected chi connectivity index (χ2v) is 11.1. The molecule has 0 bridgehead atoms. The Labute approximate surface area is 133 Å². The first kappa shape index (κ1) is 15.0. The molecule has 112 valence electrons. The van der Waals surface area contributed by atoms with Crippen LogP contribution in [0.4, 0.5) is 0 Å². The van der Waals surface area contributed by atoms with Gasteiger partial charge in [0.15, 0.2) is 5.78 Å². The van der Waals surface area contributed by atoms with Crippen molar-refractivity contribution in [2.24, 2.45) is 0 Å². The Bertz CT molecular complexity index is 686. The third-order valence-electron chi connectivity index (χ3n) is 4.82. The van der Waals surface area contributed by atoms with E-state index in [-0.39, 0.29) is 5.78 Å². The molecule has 0 saturated heterocycles. The maximum absolute atomic E-state index is 12.3. The molecule has 0 amide bonds. The van der Waals surface area contributed by atoms with Gasteiger partial charge in [0.2, 0.25) is 0 Å². The number of carbonyl (C=O) groups excluding carboxylic acids is 1. The Kier molecular flexibility index (Phi) is 4.12. The van der Waals surface area contributed by atoms with Gasteiger partial charge in [-0.1, -0.05) is 84.1 Å². The van der Waals surface area contributed by atoms with Crippen LogP contribution in [0.2, 0.25) is 13.1 Å². The van der Waals surface area contributed by atoms with E-state index < -0.39 is 8.07 Å². The summed E-state index contributed by atoms with van der Waals surface area (Å²) in [5, 5.41) is 2.78. The smallest absolute Gasteiger partial charge is 0.155 e. The van der Waals surface area contributed by atoms with E-state index in [1.807, 2.05) is 12.1 Å². The van der Waals surface area contributed by atoms with E-state index in [1.165, 1.54) is 15.9 Å². The molecule has 2 aromatic rings. The van der Waals surface area contributed by atoms with Crippen LogP contribution in [0.1, 0.15) is 24.3 Å². The first-order chi connectivity index (χ1) is 10.6. The fourth-order valence-corrected chi connectivity index (χ4v) is 6.00. The Morgan fingerprint density at radius 2 is 1.45 bits per heavy atom. The highest BCUT2D eigenvalue weighted by Crippen LogP contribution is 2.35. The van der Waals surface area contributed by atoms with Gasteiger partial charge in [-0.05, 0) is 24.0 Å². The summed E-state index contributed by atoms with van der Waals surface area (Å²) in [6, 6.07) is 21.2. The van der Waals surface area contributed by atoms with Crippen molar-refractivity contribution in [3.63, 3.8) is 0 Å². The molecule has 2 aromatic carbocycles. The standard InChI is InChI=1S/C20H22OSi/c1-22(2,19-11-7-4-8-12-19)20-14-17(13-18(21)15-20)16-9-5-3-6-10-16/h3-12,15,17H,13-14H2,1-2H3. The van der Waals surface area contributed by atoms with Crippen LogP contribution in [0.3, 0.4) is 0 Å². The van der Waals surface area contributed by atoms with Crippen molar-refractivity contribution in [1.82, 2.24) is 0 Å². The van der Waals surface area contributed by atoms with Crippen molar-refractivity contribution < 1.29 is 4.79 Å². The molecule has 1 atom stereocenters. The predicted molar refractivity (Wildman–Crippen MR) is 95.1 cm³/mol. The molecule has 0 radical (unpaired) electrons. The Balaban J connectivity index is 1.92. The zero-order chi connectivity index (χ0) is 15.6. The van der Waals surface area contributed by atoms with Gasteiger partial charge in [-0.25, -0.2) is 0 Å². The average Bonchev–Trinajstić information content (AvgIpc) is 2.56. The summed E-state index contributed by atoms with van der Waals surface area (Å²) >= 11 is 0. The molecule has 0 saturated carbocycles. The summed E-state index contributed by atoms with van der Waals surface area (Å²) in [6.07, 6.45) is 3.61. The van der Waals surface area contributed by atoms with Crippen molar-refractivity contribution in [3.05, 3.63) is 77.5 Å². The van der Waals surface area contributed by atoms with Crippen LogP contribution in [-0.4, -0.2) is 13.9 Å². The molecule has 1 aliphatic rings. The van der Waals surface area contributed by atoms with Gasteiger partial charge in [0.25, 0.3) is 0 Å². The van der Waals surface area contributed by atoms with E-state index >= 15 is 0 Å². The minimum absolute atomic E-state index is 0.284. The molecule has 0 spiro atoms. The highest BCUT2D eigenvalue weighted by molar-refractivity contribution is 6.95. The lowest BCUT2D eigenvalue weighted by atomic mass is 9.87. The summed E-state index contributed by atoms with van der Waals surface area (Å²) in [6.45, 7) is 4.71. The highest BCUT2D eigenvalue weighted by Gasteiger charge is 2.33. The summed E-state index contributed by atoms with van der Waals surface area (Å²) < 4.78 is 0. The molecule has 0 aromatic heterocycles. The molecule has 1 nitrogen and oxygen atoms in total. The number of hydrogen-bond donors (Lipinski definition) is 0. The zero-order valence-corrected chi connectivity index (χ0v) is 14.3. The normalized spacial score (nSPS) is 18.9. The van der Waals surface area contributed by atoms with Crippen LogP contribution >= 0.6 is 0 Å². The highest BCUT2D eigenvalue weighted by atomic mass is 28.3. The predicted octanol–water partition coefficient (Wildman–Crippen LogP) is 4.21. The molecule has 1 unspecified atom stereocenters. The molecule has 0 fully saturated rings. The maximum Gasteiger partial charge on any atom is 0.155 e. The lowest BCUT2D eigenvalue weighted by Gasteiger charge is -2.32. The molecule has 3 rings (SSSR count).